The Hall–Kier alpha value is -3.25. The minimum absolute atomic E-state index is 0.0579. The third kappa shape index (κ3) is 7.39. The number of allylic oxidation sites excluding steroid dienone is 1. The van der Waals surface area contributed by atoms with Crippen molar-refractivity contribution in [3.63, 3.8) is 0 Å². The van der Waals surface area contributed by atoms with Crippen LogP contribution in [0.25, 0.3) is 0 Å². The van der Waals surface area contributed by atoms with Crippen molar-refractivity contribution >= 4 is 40.1 Å². The van der Waals surface area contributed by atoms with Gasteiger partial charge in [0.15, 0.2) is 16.1 Å². The smallest absolute Gasteiger partial charge is 0.311 e. The molecule has 0 fully saturated rings. The van der Waals surface area contributed by atoms with Crippen molar-refractivity contribution in [1.29, 1.82) is 0 Å². The quantitative estimate of drug-likeness (QED) is 0.233. The molecule has 0 radical (unpaired) electrons. The molecular formula is C21H22FN5O4S2. The van der Waals surface area contributed by atoms with Crippen molar-refractivity contribution in [2.45, 2.75) is 31.7 Å². The third-order valence-corrected chi connectivity index (χ3v) is 5.82. The highest BCUT2D eigenvalue weighted by Crippen LogP contribution is 2.21. The SMILES string of the molecule is C=CCn1c(COc2ccc(F)cc2)nnc1SCC(=O)Nc1nc(CC(=O)OCC)cs1. The molecule has 3 aromatic rings. The molecule has 33 heavy (non-hydrogen) atoms. The summed E-state index contributed by atoms with van der Waals surface area (Å²) in [6.45, 7) is 6.35. The van der Waals surface area contributed by atoms with Gasteiger partial charge in [-0.05, 0) is 31.2 Å². The lowest BCUT2D eigenvalue weighted by Crippen LogP contribution is -2.15. The number of thioether (sulfide) groups is 1. The maximum absolute atomic E-state index is 13.0. The molecule has 0 atom stereocenters. The van der Waals surface area contributed by atoms with Crippen LogP contribution in [0.2, 0.25) is 0 Å². The topological polar surface area (TPSA) is 108 Å². The number of rotatable bonds is 12. The van der Waals surface area contributed by atoms with Crippen LogP contribution in [0.5, 0.6) is 5.75 Å². The summed E-state index contributed by atoms with van der Waals surface area (Å²) in [4.78, 5) is 28.1. The van der Waals surface area contributed by atoms with Crippen LogP contribution < -0.4 is 10.1 Å². The average molecular weight is 492 g/mol. The predicted octanol–water partition coefficient (Wildman–Crippen LogP) is 3.48. The molecule has 9 nitrogen and oxygen atoms in total. The molecule has 174 valence electrons. The summed E-state index contributed by atoms with van der Waals surface area (Å²) in [5, 5.41) is 13.6. The van der Waals surface area contributed by atoms with Gasteiger partial charge in [-0.1, -0.05) is 17.8 Å². The van der Waals surface area contributed by atoms with E-state index in [-0.39, 0.29) is 36.5 Å². The molecule has 12 heteroatoms. The summed E-state index contributed by atoms with van der Waals surface area (Å²) < 4.78 is 25.4. The summed E-state index contributed by atoms with van der Waals surface area (Å²) in [6, 6.07) is 5.68. The van der Waals surface area contributed by atoms with Crippen molar-refractivity contribution in [3.05, 3.63) is 59.6 Å². The van der Waals surface area contributed by atoms with Crippen molar-refractivity contribution in [1.82, 2.24) is 19.7 Å². The molecule has 0 bridgehead atoms. The maximum atomic E-state index is 13.0. The number of ether oxygens (including phenoxy) is 2. The number of anilines is 1. The van der Waals surface area contributed by atoms with E-state index in [1.807, 2.05) is 0 Å². The van der Waals surface area contributed by atoms with Gasteiger partial charge in [0, 0.05) is 11.9 Å². The summed E-state index contributed by atoms with van der Waals surface area (Å²) >= 11 is 2.44. The number of thiazole rings is 1. The minimum atomic E-state index is -0.364. The lowest BCUT2D eigenvalue weighted by atomic mass is 10.3. The Bertz CT molecular complexity index is 1100. The fourth-order valence-electron chi connectivity index (χ4n) is 2.61. The first-order valence-electron chi connectivity index (χ1n) is 9.92. The molecule has 0 aliphatic carbocycles. The van der Waals surface area contributed by atoms with E-state index < -0.39 is 0 Å². The van der Waals surface area contributed by atoms with Gasteiger partial charge in [0.1, 0.15) is 18.2 Å². The van der Waals surface area contributed by atoms with E-state index in [9.17, 15) is 14.0 Å². The number of carbonyl (C=O) groups excluding carboxylic acids is 2. The van der Waals surface area contributed by atoms with E-state index in [0.717, 1.165) is 0 Å². The Kier molecular flexibility index (Phi) is 8.95. The summed E-state index contributed by atoms with van der Waals surface area (Å²) in [6.07, 6.45) is 1.75. The standard InChI is InChI=1S/C21H22FN5O4S2/c1-3-9-27-17(11-31-16-7-5-14(22)6-8-16)25-26-21(27)33-13-18(28)24-20-23-15(12-32-20)10-19(29)30-4-2/h3,5-8,12H,1,4,9-11,13H2,2H3,(H,23,24,28). The highest BCUT2D eigenvalue weighted by Gasteiger charge is 2.15. The minimum Gasteiger partial charge on any atom is -0.486 e. The number of carbonyl (C=O) groups is 2. The molecule has 0 unspecified atom stereocenters. The van der Waals surface area contributed by atoms with Crippen LogP contribution in [-0.4, -0.2) is 44.0 Å². The van der Waals surface area contributed by atoms with Gasteiger partial charge in [-0.2, -0.15) is 0 Å². The van der Waals surface area contributed by atoms with Gasteiger partial charge in [0.25, 0.3) is 0 Å². The van der Waals surface area contributed by atoms with Gasteiger partial charge < -0.3 is 14.8 Å². The Morgan fingerprint density at radius 2 is 2.09 bits per heavy atom. The summed E-state index contributed by atoms with van der Waals surface area (Å²) in [7, 11) is 0. The first-order valence-corrected chi connectivity index (χ1v) is 11.8. The Morgan fingerprint density at radius 3 is 2.82 bits per heavy atom. The number of nitrogens with one attached hydrogen (secondary N) is 1. The second-order valence-electron chi connectivity index (χ2n) is 6.50. The second-order valence-corrected chi connectivity index (χ2v) is 8.30. The van der Waals surface area contributed by atoms with E-state index in [2.05, 4.69) is 27.1 Å². The van der Waals surface area contributed by atoms with E-state index in [1.54, 1.807) is 22.9 Å². The molecule has 1 aromatic carbocycles. The van der Waals surface area contributed by atoms with Gasteiger partial charge in [-0.3, -0.25) is 14.2 Å². The van der Waals surface area contributed by atoms with Crippen molar-refractivity contribution in [2.24, 2.45) is 0 Å². The first-order chi connectivity index (χ1) is 16.0. The monoisotopic (exact) mass is 491 g/mol. The molecule has 1 amide bonds. The lowest BCUT2D eigenvalue weighted by molar-refractivity contribution is -0.142. The number of esters is 1. The zero-order chi connectivity index (χ0) is 23.6. The number of nitrogens with zero attached hydrogens (tertiary/aromatic N) is 4. The molecular weight excluding hydrogens is 469 g/mol. The van der Waals surface area contributed by atoms with Crippen LogP contribution in [0, 0.1) is 5.82 Å². The van der Waals surface area contributed by atoms with Crippen LogP contribution in [0.4, 0.5) is 9.52 Å². The Labute approximate surface area is 198 Å². The van der Waals surface area contributed by atoms with E-state index in [4.69, 9.17) is 9.47 Å². The van der Waals surface area contributed by atoms with Crippen LogP contribution in [0.3, 0.4) is 0 Å². The largest absolute Gasteiger partial charge is 0.486 e. The molecule has 0 saturated carbocycles. The zero-order valence-electron chi connectivity index (χ0n) is 17.8. The number of aromatic nitrogens is 4. The Morgan fingerprint density at radius 1 is 1.30 bits per heavy atom. The van der Waals surface area contributed by atoms with E-state index in [0.29, 0.717) is 40.7 Å². The number of hydrogen-bond donors (Lipinski definition) is 1. The van der Waals surface area contributed by atoms with Crippen molar-refractivity contribution in [2.75, 3.05) is 17.7 Å². The van der Waals surface area contributed by atoms with Gasteiger partial charge in [-0.25, -0.2) is 9.37 Å². The highest BCUT2D eigenvalue weighted by atomic mass is 32.2. The zero-order valence-corrected chi connectivity index (χ0v) is 19.5. The van der Waals surface area contributed by atoms with Gasteiger partial charge in [0.05, 0.1) is 24.5 Å². The van der Waals surface area contributed by atoms with E-state index >= 15 is 0 Å². The van der Waals surface area contributed by atoms with Crippen LogP contribution in [0.15, 0.2) is 47.5 Å². The van der Waals surface area contributed by atoms with Crippen LogP contribution in [-0.2, 0) is 33.9 Å². The fourth-order valence-corrected chi connectivity index (χ4v) is 4.11. The predicted molar refractivity (Wildman–Crippen MR) is 123 cm³/mol. The van der Waals surface area contributed by atoms with Gasteiger partial charge in [0.2, 0.25) is 5.91 Å². The third-order valence-electron chi connectivity index (χ3n) is 4.05. The molecule has 2 heterocycles. The van der Waals surface area contributed by atoms with Crippen molar-refractivity contribution < 1.29 is 23.5 Å². The first kappa shape index (κ1) is 24.4. The number of hydrogen-bond acceptors (Lipinski definition) is 9. The maximum Gasteiger partial charge on any atom is 0.311 e. The molecule has 0 aliphatic heterocycles. The second kappa shape index (κ2) is 12.1. The number of halogens is 1. The molecule has 0 spiro atoms. The average Bonchev–Trinajstić information content (AvgIpc) is 3.39. The van der Waals surface area contributed by atoms with Crippen molar-refractivity contribution in [3.8, 4) is 5.75 Å². The molecule has 1 N–H and O–H groups in total. The van der Waals surface area contributed by atoms with Gasteiger partial charge in [-0.15, -0.1) is 28.1 Å². The molecule has 3 rings (SSSR count). The van der Waals surface area contributed by atoms with Gasteiger partial charge >= 0.3 is 5.97 Å². The molecule has 0 aliphatic rings. The lowest BCUT2D eigenvalue weighted by Gasteiger charge is -2.09. The summed E-state index contributed by atoms with van der Waals surface area (Å²) in [5.74, 6) is 0.156. The normalized spacial score (nSPS) is 10.6. The van der Waals surface area contributed by atoms with Crippen LogP contribution >= 0.6 is 23.1 Å². The summed E-state index contributed by atoms with van der Waals surface area (Å²) in [5.41, 5.74) is 0.540. The van der Waals surface area contributed by atoms with Crippen LogP contribution in [0.1, 0.15) is 18.4 Å². The molecule has 0 saturated heterocycles. The Balaban J connectivity index is 1.54. The molecule has 2 aromatic heterocycles. The number of benzene rings is 1. The number of amides is 1. The fraction of sp³-hybridized carbons (Fsp3) is 0.286. The van der Waals surface area contributed by atoms with E-state index in [1.165, 1.54) is 47.4 Å². The highest BCUT2D eigenvalue weighted by molar-refractivity contribution is 7.99.